The standard InChI is InChI=1S/C17H26N4O2/c1-12-7-18-17(19-8-12)21-9-13-5-4-6-14(10-21)16(13)23-11-15(22)20(2)3/h7-8,13-14,16H,4-6,9-11H2,1-3H3. The molecule has 1 saturated carbocycles. The molecule has 1 aliphatic heterocycles. The third-order valence-electron chi connectivity index (χ3n) is 4.94. The number of piperidine rings is 1. The molecule has 1 aromatic heterocycles. The van der Waals surface area contributed by atoms with Crippen molar-refractivity contribution >= 4 is 11.9 Å². The molecule has 6 nitrogen and oxygen atoms in total. The summed E-state index contributed by atoms with van der Waals surface area (Å²) in [6.45, 7) is 4.02. The number of aromatic nitrogens is 2. The molecule has 0 N–H and O–H groups in total. The highest BCUT2D eigenvalue weighted by molar-refractivity contribution is 5.76. The van der Waals surface area contributed by atoms with E-state index in [9.17, 15) is 4.79 Å². The number of nitrogens with zero attached hydrogens (tertiary/aromatic N) is 4. The molecule has 2 fully saturated rings. The van der Waals surface area contributed by atoms with Gasteiger partial charge in [-0.05, 0) is 25.3 Å². The lowest BCUT2D eigenvalue weighted by Crippen LogP contribution is -2.53. The number of anilines is 1. The predicted octanol–water partition coefficient (Wildman–Crippen LogP) is 1.49. The molecule has 1 amide bonds. The minimum Gasteiger partial charge on any atom is -0.368 e. The van der Waals surface area contributed by atoms with E-state index in [4.69, 9.17) is 4.74 Å². The van der Waals surface area contributed by atoms with E-state index >= 15 is 0 Å². The zero-order valence-electron chi connectivity index (χ0n) is 14.2. The Balaban J connectivity index is 1.65. The van der Waals surface area contributed by atoms with Gasteiger partial charge >= 0.3 is 0 Å². The number of carbonyl (C=O) groups excluding carboxylic acids is 1. The maximum atomic E-state index is 11.8. The van der Waals surface area contributed by atoms with Crippen LogP contribution in [0.25, 0.3) is 0 Å². The summed E-state index contributed by atoms with van der Waals surface area (Å²) in [6, 6.07) is 0. The highest BCUT2D eigenvalue weighted by Gasteiger charge is 2.41. The summed E-state index contributed by atoms with van der Waals surface area (Å²) in [5, 5.41) is 0. The van der Waals surface area contributed by atoms with Gasteiger partial charge in [-0.15, -0.1) is 0 Å². The summed E-state index contributed by atoms with van der Waals surface area (Å²) in [4.78, 5) is 24.6. The average Bonchev–Trinajstić information content (AvgIpc) is 2.52. The van der Waals surface area contributed by atoms with Gasteiger partial charge in [0, 0.05) is 51.4 Å². The summed E-state index contributed by atoms with van der Waals surface area (Å²) in [5.41, 5.74) is 1.08. The highest BCUT2D eigenvalue weighted by Crippen LogP contribution is 2.37. The van der Waals surface area contributed by atoms with Gasteiger partial charge < -0.3 is 14.5 Å². The Labute approximate surface area is 137 Å². The highest BCUT2D eigenvalue weighted by atomic mass is 16.5. The van der Waals surface area contributed by atoms with Gasteiger partial charge in [0.15, 0.2) is 0 Å². The van der Waals surface area contributed by atoms with Crippen LogP contribution in [0.2, 0.25) is 0 Å². The molecule has 2 aliphatic rings. The van der Waals surface area contributed by atoms with Crippen molar-refractivity contribution in [3.05, 3.63) is 18.0 Å². The van der Waals surface area contributed by atoms with Crippen LogP contribution in [0, 0.1) is 18.8 Å². The number of amides is 1. The fourth-order valence-electron chi connectivity index (χ4n) is 3.67. The van der Waals surface area contributed by atoms with E-state index in [2.05, 4.69) is 14.9 Å². The second kappa shape index (κ2) is 6.83. The molecule has 2 atom stereocenters. The lowest BCUT2D eigenvalue weighted by atomic mass is 9.75. The Morgan fingerprint density at radius 1 is 1.26 bits per heavy atom. The van der Waals surface area contributed by atoms with Crippen LogP contribution in [0.1, 0.15) is 24.8 Å². The van der Waals surface area contributed by atoms with Gasteiger partial charge in [0.05, 0.1) is 6.10 Å². The molecule has 1 aromatic rings. The normalized spacial score (nSPS) is 26.9. The molecule has 0 radical (unpaired) electrons. The second-order valence-corrected chi connectivity index (χ2v) is 6.98. The van der Waals surface area contributed by atoms with E-state index in [0.29, 0.717) is 11.8 Å². The Bertz CT molecular complexity index is 532. The maximum absolute atomic E-state index is 11.8. The van der Waals surface area contributed by atoms with Gasteiger partial charge in [-0.2, -0.15) is 0 Å². The third kappa shape index (κ3) is 3.63. The molecule has 3 rings (SSSR count). The zero-order valence-corrected chi connectivity index (χ0v) is 14.2. The zero-order chi connectivity index (χ0) is 16.4. The van der Waals surface area contributed by atoms with Crippen molar-refractivity contribution in [3.63, 3.8) is 0 Å². The van der Waals surface area contributed by atoms with Crippen molar-refractivity contribution in [1.82, 2.24) is 14.9 Å². The Kier molecular flexibility index (Phi) is 4.80. The van der Waals surface area contributed by atoms with Crippen molar-refractivity contribution in [1.29, 1.82) is 0 Å². The van der Waals surface area contributed by atoms with Crippen molar-refractivity contribution in [2.45, 2.75) is 32.3 Å². The first-order valence-corrected chi connectivity index (χ1v) is 8.40. The summed E-state index contributed by atoms with van der Waals surface area (Å²) < 4.78 is 6.02. The molecule has 2 heterocycles. The number of carbonyl (C=O) groups is 1. The molecule has 126 valence electrons. The summed E-state index contributed by atoms with van der Waals surface area (Å²) in [5.74, 6) is 1.77. The molecular weight excluding hydrogens is 292 g/mol. The minimum absolute atomic E-state index is 0.0346. The number of ether oxygens (including phenoxy) is 1. The van der Waals surface area contributed by atoms with Gasteiger partial charge in [0.2, 0.25) is 11.9 Å². The van der Waals surface area contributed by atoms with Crippen LogP contribution in [-0.4, -0.2) is 60.7 Å². The second-order valence-electron chi connectivity index (χ2n) is 6.98. The van der Waals surface area contributed by atoms with Crippen LogP contribution in [-0.2, 0) is 9.53 Å². The van der Waals surface area contributed by atoms with E-state index in [-0.39, 0.29) is 18.6 Å². The number of hydrogen-bond acceptors (Lipinski definition) is 5. The van der Waals surface area contributed by atoms with Crippen LogP contribution < -0.4 is 4.90 Å². The van der Waals surface area contributed by atoms with Gasteiger partial charge in [-0.3, -0.25) is 4.79 Å². The van der Waals surface area contributed by atoms with Gasteiger partial charge in [0.25, 0.3) is 0 Å². The van der Waals surface area contributed by atoms with Crippen molar-refractivity contribution in [2.24, 2.45) is 11.8 Å². The largest absolute Gasteiger partial charge is 0.368 e. The van der Waals surface area contributed by atoms with Crippen LogP contribution >= 0.6 is 0 Å². The van der Waals surface area contributed by atoms with Crippen molar-refractivity contribution < 1.29 is 9.53 Å². The molecule has 2 bridgehead atoms. The van der Waals surface area contributed by atoms with Gasteiger partial charge in [0.1, 0.15) is 6.61 Å². The Hall–Kier alpha value is -1.69. The molecule has 6 heteroatoms. The maximum Gasteiger partial charge on any atom is 0.248 e. The summed E-state index contributed by atoms with van der Waals surface area (Å²) in [6.07, 6.45) is 7.49. The first-order chi connectivity index (χ1) is 11.0. The minimum atomic E-state index is 0.0346. The number of rotatable bonds is 4. The lowest BCUT2D eigenvalue weighted by Gasteiger charge is -2.47. The molecule has 2 unspecified atom stereocenters. The van der Waals surface area contributed by atoms with E-state index in [0.717, 1.165) is 37.4 Å². The smallest absolute Gasteiger partial charge is 0.248 e. The molecule has 1 aliphatic carbocycles. The molecule has 1 saturated heterocycles. The molecule has 23 heavy (non-hydrogen) atoms. The van der Waals surface area contributed by atoms with Crippen LogP contribution in [0.5, 0.6) is 0 Å². The quantitative estimate of drug-likeness (QED) is 0.842. The van der Waals surface area contributed by atoms with Gasteiger partial charge in [-0.1, -0.05) is 6.42 Å². The number of aryl methyl sites for hydroxylation is 1. The lowest BCUT2D eigenvalue weighted by molar-refractivity contribution is -0.140. The number of fused-ring (bicyclic) bond motifs is 2. The van der Waals surface area contributed by atoms with E-state index in [1.54, 1.807) is 19.0 Å². The van der Waals surface area contributed by atoms with Crippen molar-refractivity contribution in [2.75, 3.05) is 38.7 Å². The first-order valence-electron chi connectivity index (χ1n) is 8.40. The van der Waals surface area contributed by atoms with Crippen LogP contribution in [0.3, 0.4) is 0 Å². The Morgan fingerprint density at radius 2 is 1.87 bits per heavy atom. The number of likely N-dealkylation sites (N-methyl/N-ethyl adjacent to an activating group) is 1. The summed E-state index contributed by atoms with van der Waals surface area (Å²) >= 11 is 0. The molecular formula is C17H26N4O2. The van der Waals surface area contributed by atoms with Crippen LogP contribution in [0.4, 0.5) is 5.95 Å². The first kappa shape index (κ1) is 16.2. The van der Waals surface area contributed by atoms with Crippen molar-refractivity contribution in [3.8, 4) is 0 Å². The molecule has 0 aromatic carbocycles. The average molecular weight is 318 g/mol. The van der Waals surface area contributed by atoms with Crippen LogP contribution in [0.15, 0.2) is 12.4 Å². The topological polar surface area (TPSA) is 58.6 Å². The third-order valence-corrected chi connectivity index (χ3v) is 4.94. The van der Waals surface area contributed by atoms with Gasteiger partial charge in [-0.25, -0.2) is 9.97 Å². The van der Waals surface area contributed by atoms with E-state index < -0.39 is 0 Å². The fraction of sp³-hybridized carbons (Fsp3) is 0.706. The molecule has 0 spiro atoms. The van der Waals surface area contributed by atoms with E-state index in [1.807, 2.05) is 19.3 Å². The monoisotopic (exact) mass is 318 g/mol. The van der Waals surface area contributed by atoms with E-state index in [1.165, 1.54) is 6.42 Å². The fourth-order valence-corrected chi connectivity index (χ4v) is 3.67. The predicted molar refractivity (Wildman–Crippen MR) is 88.2 cm³/mol. The summed E-state index contributed by atoms with van der Waals surface area (Å²) in [7, 11) is 3.54. The Morgan fingerprint density at radius 3 is 2.43 bits per heavy atom. The number of hydrogen-bond donors (Lipinski definition) is 0. The SMILES string of the molecule is Cc1cnc(N2CC3CCCC(C2)C3OCC(=O)N(C)C)nc1.